The molecular formula is C34H40B2O4. The average molecular weight is 534 g/mol. The zero-order valence-corrected chi connectivity index (χ0v) is 25.6. The van der Waals surface area contributed by atoms with Crippen molar-refractivity contribution >= 4 is 46.7 Å². The van der Waals surface area contributed by atoms with Gasteiger partial charge >= 0.3 is 14.2 Å². The maximum Gasteiger partial charge on any atom is 0.495 e. The molecule has 206 valence electrons. The first-order valence-corrected chi connectivity index (χ1v) is 14.4. The Morgan fingerprint density at radius 2 is 0.725 bits per heavy atom. The standard InChI is InChI=1S/C34H40B2O4/c1-21-19-27(23-15-11-13-17-25(23)29(21)35-37-31(3,4)32(5,6)38-35)28-20-22(2)30(26-18-14-12-16-24(26)28)36-39-33(7,8)34(9,10)40-36/h11-20H,1-10H3. The van der Waals surface area contributed by atoms with E-state index in [4.69, 9.17) is 18.6 Å². The quantitative estimate of drug-likeness (QED) is 0.269. The van der Waals surface area contributed by atoms with Gasteiger partial charge in [-0.15, -0.1) is 0 Å². The third-order valence-electron chi connectivity index (χ3n) is 9.85. The van der Waals surface area contributed by atoms with Crippen molar-refractivity contribution in [3.8, 4) is 11.1 Å². The van der Waals surface area contributed by atoms with E-state index in [1.807, 2.05) is 0 Å². The van der Waals surface area contributed by atoms with Crippen LogP contribution in [-0.2, 0) is 18.6 Å². The Morgan fingerprint density at radius 3 is 1.02 bits per heavy atom. The highest BCUT2D eigenvalue weighted by Crippen LogP contribution is 2.41. The summed E-state index contributed by atoms with van der Waals surface area (Å²) >= 11 is 0. The normalized spacial score (nSPS) is 21.1. The molecule has 0 spiro atoms. The largest absolute Gasteiger partial charge is 0.495 e. The van der Waals surface area contributed by atoms with E-state index in [-0.39, 0.29) is 0 Å². The minimum absolute atomic E-state index is 0.402. The molecule has 0 atom stereocenters. The highest BCUT2D eigenvalue weighted by Gasteiger charge is 2.53. The average Bonchev–Trinajstić information content (AvgIpc) is 3.21. The minimum atomic E-state index is -0.423. The van der Waals surface area contributed by atoms with E-state index < -0.39 is 36.6 Å². The van der Waals surface area contributed by atoms with Crippen molar-refractivity contribution in [2.45, 2.75) is 91.6 Å². The first-order valence-electron chi connectivity index (χ1n) is 14.4. The van der Waals surface area contributed by atoms with Crippen LogP contribution in [0.15, 0.2) is 60.7 Å². The number of hydrogen-bond donors (Lipinski definition) is 0. The van der Waals surface area contributed by atoms with Crippen LogP contribution in [0.2, 0.25) is 0 Å². The highest BCUT2D eigenvalue weighted by atomic mass is 16.7. The molecule has 2 saturated heterocycles. The van der Waals surface area contributed by atoms with E-state index in [0.29, 0.717) is 0 Å². The van der Waals surface area contributed by atoms with Crippen LogP contribution >= 0.6 is 0 Å². The molecular weight excluding hydrogens is 494 g/mol. The fourth-order valence-electron chi connectivity index (χ4n) is 6.07. The van der Waals surface area contributed by atoms with Crippen molar-refractivity contribution in [1.29, 1.82) is 0 Å². The summed E-state index contributed by atoms with van der Waals surface area (Å²) in [6.07, 6.45) is 0. The lowest BCUT2D eigenvalue weighted by Crippen LogP contribution is -2.41. The number of benzene rings is 4. The molecule has 0 N–H and O–H groups in total. The zero-order chi connectivity index (χ0) is 28.8. The van der Waals surface area contributed by atoms with Gasteiger partial charge in [0.25, 0.3) is 0 Å². The van der Waals surface area contributed by atoms with Gasteiger partial charge in [0.2, 0.25) is 0 Å². The van der Waals surface area contributed by atoms with E-state index in [1.54, 1.807) is 0 Å². The molecule has 0 amide bonds. The molecule has 6 rings (SSSR count). The Morgan fingerprint density at radius 1 is 0.450 bits per heavy atom. The van der Waals surface area contributed by atoms with Crippen molar-refractivity contribution in [2.75, 3.05) is 0 Å². The summed E-state index contributed by atoms with van der Waals surface area (Å²) in [7, 11) is -0.846. The Hall–Kier alpha value is -2.63. The second-order valence-corrected chi connectivity index (χ2v) is 13.6. The number of hydrogen-bond acceptors (Lipinski definition) is 4. The van der Waals surface area contributed by atoms with Crippen molar-refractivity contribution in [3.05, 3.63) is 71.8 Å². The first-order chi connectivity index (χ1) is 18.6. The second-order valence-electron chi connectivity index (χ2n) is 13.6. The molecule has 2 heterocycles. The summed E-state index contributed by atoms with van der Waals surface area (Å²) < 4.78 is 26.1. The van der Waals surface area contributed by atoms with Crippen molar-refractivity contribution in [1.82, 2.24) is 0 Å². The third-order valence-corrected chi connectivity index (χ3v) is 9.85. The fraction of sp³-hybridized carbons (Fsp3) is 0.412. The molecule has 0 saturated carbocycles. The van der Waals surface area contributed by atoms with Crippen molar-refractivity contribution in [3.63, 3.8) is 0 Å². The van der Waals surface area contributed by atoms with E-state index in [2.05, 4.69) is 130 Å². The van der Waals surface area contributed by atoms with Gasteiger partial charge in [0.1, 0.15) is 0 Å². The highest BCUT2D eigenvalue weighted by molar-refractivity contribution is 6.66. The van der Waals surface area contributed by atoms with E-state index in [0.717, 1.165) is 32.8 Å². The molecule has 0 radical (unpaired) electrons. The van der Waals surface area contributed by atoms with Gasteiger partial charge in [0.05, 0.1) is 22.4 Å². The smallest absolute Gasteiger partial charge is 0.399 e. The maximum atomic E-state index is 6.53. The van der Waals surface area contributed by atoms with Gasteiger partial charge in [-0.1, -0.05) is 71.8 Å². The van der Waals surface area contributed by atoms with Gasteiger partial charge < -0.3 is 18.6 Å². The van der Waals surface area contributed by atoms with Gasteiger partial charge in [0, 0.05) is 0 Å². The molecule has 0 aromatic heterocycles. The van der Waals surface area contributed by atoms with Crippen LogP contribution in [0.25, 0.3) is 32.7 Å². The van der Waals surface area contributed by atoms with E-state index in [1.165, 1.54) is 21.9 Å². The molecule has 2 aliphatic rings. The molecule has 4 aromatic rings. The Kier molecular flexibility index (Phi) is 6.15. The molecule has 0 unspecified atom stereocenters. The Labute approximate surface area is 239 Å². The summed E-state index contributed by atoms with van der Waals surface area (Å²) in [4.78, 5) is 0. The van der Waals surface area contributed by atoms with Crippen molar-refractivity contribution in [2.24, 2.45) is 0 Å². The molecule has 2 aliphatic heterocycles. The van der Waals surface area contributed by atoms with Gasteiger partial charge in [0.15, 0.2) is 0 Å². The summed E-state index contributed by atoms with van der Waals surface area (Å²) in [5.74, 6) is 0. The summed E-state index contributed by atoms with van der Waals surface area (Å²) in [6.45, 7) is 21.2. The summed E-state index contributed by atoms with van der Waals surface area (Å²) in [6, 6.07) is 21.9. The predicted octanol–water partition coefficient (Wildman–Crippen LogP) is 6.88. The lowest BCUT2D eigenvalue weighted by molar-refractivity contribution is 0.00578. The molecule has 0 aliphatic carbocycles. The number of rotatable bonds is 3. The maximum absolute atomic E-state index is 6.53. The molecule has 0 bridgehead atoms. The lowest BCUT2D eigenvalue weighted by Gasteiger charge is -2.32. The fourth-order valence-corrected chi connectivity index (χ4v) is 6.07. The van der Waals surface area contributed by atoms with Crippen LogP contribution < -0.4 is 10.9 Å². The molecule has 40 heavy (non-hydrogen) atoms. The minimum Gasteiger partial charge on any atom is -0.399 e. The van der Waals surface area contributed by atoms with Gasteiger partial charge in [-0.05, 0) is 113 Å². The van der Waals surface area contributed by atoms with Crippen LogP contribution in [0.3, 0.4) is 0 Å². The van der Waals surface area contributed by atoms with Gasteiger partial charge in [-0.25, -0.2) is 0 Å². The van der Waals surface area contributed by atoms with Crippen LogP contribution in [0.4, 0.5) is 0 Å². The van der Waals surface area contributed by atoms with E-state index >= 15 is 0 Å². The van der Waals surface area contributed by atoms with Crippen LogP contribution in [0.5, 0.6) is 0 Å². The predicted molar refractivity (Wildman–Crippen MR) is 168 cm³/mol. The van der Waals surface area contributed by atoms with Crippen molar-refractivity contribution < 1.29 is 18.6 Å². The first kappa shape index (κ1) is 27.5. The van der Waals surface area contributed by atoms with E-state index in [9.17, 15) is 0 Å². The molecule has 2 fully saturated rings. The third kappa shape index (κ3) is 4.07. The monoisotopic (exact) mass is 534 g/mol. The SMILES string of the molecule is Cc1cc(-c2cc(C)c(B3OC(C)(C)C(C)(C)O3)c3ccccc23)c2ccccc2c1B1OC(C)(C)C(C)(C)O1. The molecule has 4 aromatic carbocycles. The molecule has 6 heteroatoms. The topological polar surface area (TPSA) is 36.9 Å². The van der Waals surface area contributed by atoms with Crippen LogP contribution in [0, 0.1) is 13.8 Å². The number of fused-ring (bicyclic) bond motifs is 2. The summed E-state index contributed by atoms with van der Waals surface area (Å²) in [5.41, 5.74) is 5.32. The van der Waals surface area contributed by atoms with Crippen LogP contribution in [0.1, 0.15) is 66.5 Å². The number of aryl methyl sites for hydroxylation is 2. The zero-order valence-electron chi connectivity index (χ0n) is 25.6. The Balaban J connectivity index is 1.55. The van der Waals surface area contributed by atoms with Gasteiger partial charge in [-0.3, -0.25) is 0 Å². The van der Waals surface area contributed by atoms with Crippen LogP contribution in [-0.4, -0.2) is 36.6 Å². The summed E-state index contributed by atoms with van der Waals surface area (Å²) in [5, 5.41) is 4.69. The Bertz CT molecular complexity index is 1500. The second kappa shape index (κ2) is 8.93. The van der Waals surface area contributed by atoms with Gasteiger partial charge in [-0.2, -0.15) is 0 Å². The molecule has 4 nitrogen and oxygen atoms in total. The lowest BCUT2D eigenvalue weighted by atomic mass is 9.70.